The van der Waals surface area contributed by atoms with Gasteiger partial charge >= 0.3 is 5.97 Å². The second-order valence-electron chi connectivity index (χ2n) is 11.0. The fraction of sp³-hybridized carbons (Fsp3) is 0.424. The first-order chi connectivity index (χ1) is 19.4. The molecule has 6 rings (SSSR count). The summed E-state index contributed by atoms with van der Waals surface area (Å²) in [5.74, 6) is 1.66. The zero-order valence-electron chi connectivity index (χ0n) is 23.3. The van der Waals surface area contributed by atoms with Crippen molar-refractivity contribution in [3.63, 3.8) is 0 Å². The Hall–Kier alpha value is -3.58. The third-order valence-electron chi connectivity index (χ3n) is 8.31. The van der Waals surface area contributed by atoms with Crippen molar-refractivity contribution in [2.75, 3.05) is 26.9 Å². The molecular formula is C33H35FO6. The molecule has 0 aromatic heterocycles. The maximum absolute atomic E-state index is 15.3. The highest BCUT2D eigenvalue weighted by Gasteiger charge is 2.32. The Morgan fingerprint density at radius 3 is 2.50 bits per heavy atom. The van der Waals surface area contributed by atoms with Crippen molar-refractivity contribution in [1.29, 1.82) is 0 Å². The van der Waals surface area contributed by atoms with Crippen LogP contribution in [-0.4, -0.2) is 39.0 Å². The van der Waals surface area contributed by atoms with Crippen LogP contribution < -0.4 is 14.2 Å². The average molecular weight is 547 g/mol. The second kappa shape index (κ2) is 11.1. The van der Waals surface area contributed by atoms with Crippen LogP contribution in [0, 0.1) is 19.7 Å². The topological polar surface area (TPSA) is 63.2 Å². The number of hydrogen-bond acceptors (Lipinski definition) is 6. The van der Waals surface area contributed by atoms with E-state index in [0.29, 0.717) is 30.1 Å². The Labute approximate surface area is 234 Å². The van der Waals surface area contributed by atoms with Crippen LogP contribution >= 0.6 is 0 Å². The van der Waals surface area contributed by atoms with Gasteiger partial charge in [-0.15, -0.1) is 0 Å². The van der Waals surface area contributed by atoms with E-state index in [1.807, 2.05) is 24.3 Å². The number of methoxy groups -OCH3 is 1. The first kappa shape index (κ1) is 26.6. The first-order valence-electron chi connectivity index (χ1n) is 14.1. The number of halogens is 1. The van der Waals surface area contributed by atoms with Crippen molar-refractivity contribution in [1.82, 2.24) is 0 Å². The van der Waals surface area contributed by atoms with Crippen molar-refractivity contribution < 1.29 is 32.9 Å². The lowest BCUT2D eigenvalue weighted by molar-refractivity contribution is -0.141. The molecule has 2 atom stereocenters. The number of aryl methyl sites for hydroxylation is 2. The van der Waals surface area contributed by atoms with E-state index in [1.54, 1.807) is 6.07 Å². The molecule has 2 unspecified atom stereocenters. The lowest BCUT2D eigenvalue weighted by Gasteiger charge is -2.24. The quantitative estimate of drug-likeness (QED) is 0.305. The van der Waals surface area contributed by atoms with E-state index in [2.05, 4.69) is 26.0 Å². The van der Waals surface area contributed by atoms with E-state index < -0.39 is 6.10 Å². The summed E-state index contributed by atoms with van der Waals surface area (Å²) in [6, 6.07) is 13.3. The Morgan fingerprint density at radius 2 is 1.75 bits per heavy atom. The van der Waals surface area contributed by atoms with Gasteiger partial charge in [-0.2, -0.15) is 0 Å². The zero-order valence-corrected chi connectivity index (χ0v) is 23.3. The van der Waals surface area contributed by atoms with Crippen LogP contribution in [0.4, 0.5) is 4.39 Å². The van der Waals surface area contributed by atoms with Crippen LogP contribution in [0.2, 0.25) is 0 Å². The van der Waals surface area contributed by atoms with Gasteiger partial charge in [-0.05, 0) is 78.8 Å². The molecule has 0 amide bonds. The van der Waals surface area contributed by atoms with Crippen molar-refractivity contribution in [2.24, 2.45) is 0 Å². The van der Waals surface area contributed by atoms with Gasteiger partial charge in [0, 0.05) is 36.0 Å². The molecule has 210 valence electrons. The Bertz CT molecular complexity index is 1400. The molecule has 3 aromatic rings. The van der Waals surface area contributed by atoms with Gasteiger partial charge in [-0.3, -0.25) is 4.79 Å². The molecule has 7 heteroatoms. The van der Waals surface area contributed by atoms with Crippen LogP contribution in [0.5, 0.6) is 17.2 Å². The van der Waals surface area contributed by atoms with E-state index in [1.165, 1.54) is 7.11 Å². The SMILES string of the molecule is COC(=O)CC1COc2cc(OC3CCc4c(-c5c(C)cc(OC6CCOCC6)cc5C)ccc(F)c43)ccc21. The molecular weight excluding hydrogens is 511 g/mol. The number of esters is 1. The van der Waals surface area contributed by atoms with E-state index in [4.69, 9.17) is 23.7 Å². The summed E-state index contributed by atoms with van der Waals surface area (Å²) in [4.78, 5) is 11.7. The minimum atomic E-state index is -0.392. The van der Waals surface area contributed by atoms with Crippen molar-refractivity contribution >= 4 is 5.97 Å². The number of rotatable bonds is 7. The highest BCUT2D eigenvalue weighted by molar-refractivity contribution is 5.76. The number of fused-ring (bicyclic) bond motifs is 2. The summed E-state index contributed by atoms with van der Waals surface area (Å²) in [5.41, 5.74) is 6.99. The molecule has 2 heterocycles. The Balaban J connectivity index is 1.24. The molecule has 0 N–H and O–H groups in total. The Morgan fingerprint density at radius 1 is 0.975 bits per heavy atom. The largest absolute Gasteiger partial charge is 0.492 e. The highest BCUT2D eigenvalue weighted by atomic mass is 19.1. The smallest absolute Gasteiger partial charge is 0.306 e. The van der Waals surface area contributed by atoms with E-state index in [9.17, 15) is 4.79 Å². The summed E-state index contributed by atoms with van der Waals surface area (Å²) < 4.78 is 44.1. The van der Waals surface area contributed by atoms with E-state index >= 15 is 4.39 Å². The molecule has 0 radical (unpaired) electrons. The number of carbonyl (C=O) groups excluding carboxylic acids is 1. The van der Waals surface area contributed by atoms with Crippen LogP contribution in [0.25, 0.3) is 11.1 Å². The van der Waals surface area contributed by atoms with Gasteiger partial charge in [0.15, 0.2) is 0 Å². The Kier molecular flexibility index (Phi) is 7.41. The summed E-state index contributed by atoms with van der Waals surface area (Å²) in [5, 5.41) is 0. The summed E-state index contributed by atoms with van der Waals surface area (Å²) in [7, 11) is 1.39. The van der Waals surface area contributed by atoms with Gasteiger partial charge in [0.1, 0.15) is 35.3 Å². The molecule has 1 fully saturated rings. The van der Waals surface area contributed by atoms with Crippen molar-refractivity contribution in [2.45, 2.75) is 64.1 Å². The molecule has 1 aliphatic carbocycles. The number of carbonyl (C=O) groups is 1. The molecule has 0 spiro atoms. The lowest BCUT2D eigenvalue weighted by Crippen LogP contribution is -2.25. The predicted octanol–water partition coefficient (Wildman–Crippen LogP) is 6.77. The van der Waals surface area contributed by atoms with Gasteiger partial charge in [0.25, 0.3) is 0 Å². The maximum atomic E-state index is 15.3. The van der Waals surface area contributed by atoms with Gasteiger partial charge in [-0.25, -0.2) is 4.39 Å². The predicted molar refractivity (Wildman–Crippen MR) is 149 cm³/mol. The van der Waals surface area contributed by atoms with Crippen molar-refractivity contribution in [3.05, 3.63) is 76.1 Å². The highest BCUT2D eigenvalue weighted by Crippen LogP contribution is 2.45. The monoisotopic (exact) mass is 546 g/mol. The fourth-order valence-corrected chi connectivity index (χ4v) is 6.38. The fourth-order valence-electron chi connectivity index (χ4n) is 6.38. The molecule has 40 heavy (non-hydrogen) atoms. The number of ether oxygens (including phenoxy) is 5. The normalized spacial score (nSPS) is 20.0. The summed E-state index contributed by atoms with van der Waals surface area (Å²) in [6.07, 6.45) is 3.28. The maximum Gasteiger partial charge on any atom is 0.306 e. The molecule has 3 aromatic carbocycles. The minimum Gasteiger partial charge on any atom is -0.492 e. The molecule has 0 bridgehead atoms. The van der Waals surface area contributed by atoms with E-state index in [0.717, 1.165) is 71.6 Å². The lowest BCUT2D eigenvalue weighted by atomic mass is 9.90. The minimum absolute atomic E-state index is 0.0383. The van der Waals surface area contributed by atoms with Crippen LogP contribution in [0.15, 0.2) is 42.5 Å². The average Bonchev–Trinajstić information content (AvgIpc) is 3.54. The van der Waals surface area contributed by atoms with Gasteiger partial charge in [0.2, 0.25) is 0 Å². The van der Waals surface area contributed by atoms with Gasteiger partial charge < -0.3 is 23.7 Å². The number of hydrogen-bond donors (Lipinski definition) is 0. The molecule has 6 nitrogen and oxygen atoms in total. The molecule has 1 saturated heterocycles. The van der Waals surface area contributed by atoms with E-state index in [-0.39, 0.29) is 30.2 Å². The van der Waals surface area contributed by atoms with Gasteiger partial charge in [0.05, 0.1) is 33.4 Å². The molecule has 3 aliphatic rings. The van der Waals surface area contributed by atoms with Gasteiger partial charge in [-0.1, -0.05) is 12.1 Å². The molecule has 2 aliphatic heterocycles. The molecule has 0 saturated carbocycles. The zero-order chi connectivity index (χ0) is 27.8. The first-order valence-corrected chi connectivity index (χ1v) is 14.1. The third-order valence-corrected chi connectivity index (χ3v) is 8.31. The van der Waals surface area contributed by atoms with Crippen LogP contribution in [-0.2, 0) is 20.7 Å². The number of benzene rings is 3. The van der Waals surface area contributed by atoms with Crippen LogP contribution in [0.3, 0.4) is 0 Å². The third kappa shape index (κ3) is 5.15. The van der Waals surface area contributed by atoms with Crippen molar-refractivity contribution in [3.8, 4) is 28.4 Å². The van der Waals surface area contributed by atoms with Crippen LogP contribution in [0.1, 0.15) is 65.5 Å². The summed E-state index contributed by atoms with van der Waals surface area (Å²) in [6.45, 7) is 6.08. The second-order valence-corrected chi connectivity index (χ2v) is 11.0. The summed E-state index contributed by atoms with van der Waals surface area (Å²) >= 11 is 0. The standard InChI is InChI=1S/C33H35FO6/c1-19-14-24(39-22-10-12-37-13-11-22)15-20(2)32(19)26-6-8-28(34)33-27(26)7-9-29(33)40-23-4-5-25-21(16-31(35)36-3)18-38-30(25)17-23/h4-6,8,14-15,17,21-22,29H,7,9-13,16,18H2,1-3H3.